The fourth-order valence-corrected chi connectivity index (χ4v) is 1.46. The highest BCUT2D eigenvalue weighted by atomic mass is 16.3. The molecule has 0 aromatic carbocycles. The van der Waals surface area contributed by atoms with E-state index >= 15 is 0 Å². The predicted molar refractivity (Wildman–Crippen MR) is 52.0 cm³/mol. The van der Waals surface area contributed by atoms with Gasteiger partial charge in [0.25, 0.3) is 0 Å². The molecule has 0 heterocycles. The van der Waals surface area contributed by atoms with E-state index in [1.54, 1.807) is 0 Å². The van der Waals surface area contributed by atoms with Crippen molar-refractivity contribution in [3.63, 3.8) is 0 Å². The summed E-state index contributed by atoms with van der Waals surface area (Å²) in [7, 11) is 0. The van der Waals surface area contributed by atoms with Gasteiger partial charge in [-0.2, -0.15) is 0 Å². The van der Waals surface area contributed by atoms with Gasteiger partial charge in [0.05, 0.1) is 6.10 Å². The van der Waals surface area contributed by atoms with E-state index in [2.05, 4.69) is 26.0 Å². The van der Waals surface area contributed by atoms with E-state index in [0.29, 0.717) is 0 Å². The molecule has 0 spiro atoms. The van der Waals surface area contributed by atoms with Crippen molar-refractivity contribution in [2.75, 3.05) is 0 Å². The Morgan fingerprint density at radius 2 is 2.42 bits per heavy atom. The molecule has 0 radical (unpaired) electrons. The van der Waals surface area contributed by atoms with Gasteiger partial charge in [-0.3, -0.25) is 0 Å². The van der Waals surface area contributed by atoms with E-state index in [0.717, 1.165) is 25.7 Å². The zero-order chi connectivity index (χ0) is 8.97. The highest BCUT2D eigenvalue weighted by Gasteiger charge is 2.12. The van der Waals surface area contributed by atoms with Gasteiger partial charge in [0.2, 0.25) is 0 Å². The molecule has 1 aliphatic rings. The van der Waals surface area contributed by atoms with Crippen LogP contribution >= 0.6 is 0 Å². The van der Waals surface area contributed by atoms with Crippen molar-refractivity contribution >= 4 is 0 Å². The molecule has 1 rings (SSSR count). The third-order valence-corrected chi connectivity index (χ3v) is 2.26. The van der Waals surface area contributed by atoms with Crippen LogP contribution in [0, 0.1) is 0 Å². The van der Waals surface area contributed by atoms with Gasteiger partial charge < -0.3 is 5.11 Å². The summed E-state index contributed by atoms with van der Waals surface area (Å²) in [4.78, 5) is 0. The van der Waals surface area contributed by atoms with E-state index < -0.39 is 0 Å². The zero-order valence-electron chi connectivity index (χ0n) is 8.01. The van der Waals surface area contributed by atoms with Gasteiger partial charge in [-0.1, -0.05) is 17.7 Å². The minimum Gasteiger partial charge on any atom is -0.389 e. The first kappa shape index (κ1) is 9.53. The molecule has 1 nitrogen and oxygen atoms in total. The number of aliphatic hydroxyl groups excluding tert-OH is 1. The van der Waals surface area contributed by atoms with Gasteiger partial charge in [0.15, 0.2) is 0 Å². The normalized spacial score (nSPS) is 23.2. The molecule has 0 aliphatic heterocycles. The Balaban J connectivity index is 2.50. The number of rotatable bonds is 2. The quantitative estimate of drug-likeness (QED) is 0.625. The Bertz CT molecular complexity index is 197. The molecule has 0 aromatic heterocycles. The maximum Gasteiger partial charge on any atom is 0.0753 e. The van der Waals surface area contributed by atoms with Crippen LogP contribution in [0.3, 0.4) is 0 Å². The molecule has 0 saturated heterocycles. The first-order chi connectivity index (χ1) is 5.70. The summed E-state index contributed by atoms with van der Waals surface area (Å²) in [5.41, 5.74) is 2.54. The standard InChI is InChI=1S/C11H18O/c1-9(2)7-8-10-5-3-4-6-11(10)12/h5,7,11-12H,3-4,6,8H2,1-2H3. The zero-order valence-corrected chi connectivity index (χ0v) is 8.01. The van der Waals surface area contributed by atoms with Crippen LogP contribution in [0.15, 0.2) is 23.3 Å². The number of aliphatic hydroxyl groups is 1. The number of hydrogen-bond acceptors (Lipinski definition) is 1. The first-order valence-corrected chi connectivity index (χ1v) is 4.70. The Hall–Kier alpha value is -0.560. The Kier molecular flexibility index (Phi) is 3.54. The summed E-state index contributed by atoms with van der Waals surface area (Å²) in [5, 5.41) is 9.58. The van der Waals surface area contributed by atoms with Gasteiger partial charge in [-0.15, -0.1) is 0 Å². The first-order valence-electron chi connectivity index (χ1n) is 4.70. The van der Waals surface area contributed by atoms with E-state index in [-0.39, 0.29) is 6.10 Å². The number of allylic oxidation sites excluding steroid dienone is 3. The molecule has 0 bridgehead atoms. The molecule has 0 saturated carbocycles. The van der Waals surface area contributed by atoms with Crippen molar-refractivity contribution in [3.05, 3.63) is 23.3 Å². The molecule has 1 aliphatic carbocycles. The van der Waals surface area contributed by atoms with Crippen LogP contribution in [0.25, 0.3) is 0 Å². The van der Waals surface area contributed by atoms with Gasteiger partial charge in [0, 0.05) is 0 Å². The van der Waals surface area contributed by atoms with Crippen LogP contribution in [-0.2, 0) is 0 Å². The molecular formula is C11H18O. The maximum atomic E-state index is 9.58. The molecule has 1 N–H and O–H groups in total. The van der Waals surface area contributed by atoms with Gasteiger partial charge in [-0.05, 0) is 45.1 Å². The molecule has 68 valence electrons. The molecule has 1 heteroatoms. The average molecular weight is 166 g/mol. The lowest BCUT2D eigenvalue weighted by Gasteiger charge is -2.18. The molecule has 0 fully saturated rings. The second-order valence-electron chi connectivity index (χ2n) is 3.71. The van der Waals surface area contributed by atoms with Gasteiger partial charge in [0.1, 0.15) is 0 Å². The van der Waals surface area contributed by atoms with Crippen molar-refractivity contribution in [1.29, 1.82) is 0 Å². The second kappa shape index (κ2) is 4.46. The summed E-state index contributed by atoms with van der Waals surface area (Å²) >= 11 is 0. The minimum atomic E-state index is -0.172. The molecule has 1 atom stereocenters. The topological polar surface area (TPSA) is 20.2 Å². The molecule has 1 unspecified atom stereocenters. The van der Waals surface area contributed by atoms with E-state index in [9.17, 15) is 5.11 Å². The molecular weight excluding hydrogens is 148 g/mol. The number of hydrogen-bond donors (Lipinski definition) is 1. The smallest absolute Gasteiger partial charge is 0.0753 e. The van der Waals surface area contributed by atoms with Crippen LogP contribution in [-0.4, -0.2) is 11.2 Å². The SMILES string of the molecule is CC(C)=CCC1=CCCCC1O. The lowest BCUT2D eigenvalue weighted by molar-refractivity contribution is 0.189. The molecule has 12 heavy (non-hydrogen) atoms. The monoisotopic (exact) mass is 166 g/mol. The van der Waals surface area contributed by atoms with Gasteiger partial charge in [-0.25, -0.2) is 0 Å². The van der Waals surface area contributed by atoms with Crippen molar-refractivity contribution in [1.82, 2.24) is 0 Å². The predicted octanol–water partition coefficient (Wildman–Crippen LogP) is 2.81. The lowest BCUT2D eigenvalue weighted by atomic mass is 9.94. The third kappa shape index (κ3) is 2.82. The summed E-state index contributed by atoms with van der Waals surface area (Å²) < 4.78 is 0. The van der Waals surface area contributed by atoms with E-state index in [1.807, 2.05) is 0 Å². The lowest BCUT2D eigenvalue weighted by Crippen LogP contribution is -2.13. The molecule has 0 aromatic rings. The summed E-state index contributed by atoms with van der Waals surface area (Å²) in [6.45, 7) is 4.19. The summed E-state index contributed by atoms with van der Waals surface area (Å²) in [6.07, 6.45) is 8.36. The van der Waals surface area contributed by atoms with Crippen molar-refractivity contribution in [3.8, 4) is 0 Å². The highest BCUT2D eigenvalue weighted by Crippen LogP contribution is 2.21. The Labute approximate surface area is 74.8 Å². The van der Waals surface area contributed by atoms with Crippen LogP contribution in [0.2, 0.25) is 0 Å². The van der Waals surface area contributed by atoms with Crippen LogP contribution in [0.1, 0.15) is 39.5 Å². The maximum absolute atomic E-state index is 9.58. The fourth-order valence-electron chi connectivity index (χ4n) is 1.46. The second-order valence-corrected chi connectivity index (χ2v) is 3.71. The summed E-state index contributed by atoms with van der Waals surface area (Å²) in [6, 6.07) is 0. The third-order valence-electron chi connectivity index (χ3n) is 2.26. The van der Waals surface area contributed by atoms with Crippen molar-refractivity contribution in [2.24, 2.45) is 0 Å². The molecule has 0 amide bonds. The van der Waals surface area contributed by atoms with Crippen molar-refractivity contribution in [2.45, 2.75) is 45.6 Å². The fraction of sp³-hybridized carbons (Fsp3) is 0.636. The average Bonchev–Trinajstić information content (AvgIpc) is 2.03. The minimum absolute atomic E-state index is 0.172. The largest absolute Gasteiger partial charge is 0.389 e. The van der Waals surface area contributed by atoms with E-state index in [4.69, 9.17) is 0 Å². The van der Waals surface area contributed by atoms with Crippen molar-refractivity contribution < 1.29 is 5.11 Å². The van der Waals surface area contributed by atoms with Crippen LogP contribution in [0.4, 0.5) is 0 Å². The summed E-state index contributed by atoms with van der Waals surface area (Å²) in [5.74, 6) is 0. The van der Waals surface area contributed by atoms with E-state index in [1.165, 1.54) is 11.1 Å². The van der Waals surface area contributed by atoms with Crippen LogP contribution in [0.5, 0.6) is 0 Å². The van der Waals surface area contributed by atoms with Crippen LogP contribution < -0.4 is 0 Å². The highest BCUT2D eigenvalue weighted by molar-refractivity contribution is 5.16. The van der Waals surface area contributed by atoms with Gasteiger partial charge >= 0.3 is 0 Å². The Morgan fingerprint density at radius 1 is 1.67 bits per heavy atom. The Morgan fingerprint density at radius 3 is 3.00 bits per heavy atom.